The Morgan fingerprint density at radius 2 is 1.85 bits per heavy atom. The Balaban J connectivity index is 1.69. The first-order valence-electron chi connectivity index (χ1n) is 8.68. The number of nitrogens with zero attached hydrogens (tertiary/aromatic N) is 1. The maximum Gasteiger partial charge on any atom is 0.234 e. The van der Waals surface area contributed by atoms with Crippen LogP contribution < -0.4 is 14.8 Å². The Kier molecular flexibility index (Phi) is 6.19. The average molecular weight is 382 g/mol. The summed E-state index contributed by atoms with van der Waals surface area (Å²) in [6.45, 7) is 2.10. The summed E-state index contributed by atoms with van der Waals surface area (Å²) < 4.78 is 10.5. The number of amides is 1. The number of benzene rings is 2. The van der Waals surface area contributed by atoms with Gasteiger partial charge >= 0.3 is 0 Å². The molecule has 0 bridgehead atoms. The minimum absolute atomic E-state index is 0.0933. The van der Waals surface area contributed by atoms with E-state index in [0.717, 1.165) is 27.9 Å². The van der Waals surface area contributed by atoms with Crippen molar-refractivity contribution in [2.24, 2.45) is 0 Å². The third-order valence-corrected chi connectivity index (χ3v) is 5.18. The molecule has 0 aliphatic carbocycles. The highest BCUT2D eigenvalue weighted by molar-refractivity contribution is 8.00. The SMILES string of the molecule is CCc1cc2ccccc2nc1SCC(=O)Nc1ccc(OC)c(OC)c1. The number of fused-ring (bicyclic) bond motifs is 1. The number of para-hydroxylation sites is 1. The van der Waals surface area contributed by atoms with Crippen LogP contribution in [0.4, 0.5) is 5.69 Å². The van der Waals surface area contributed by atoms with E-state index in [1.807, 2.05) is 18.2 Å². The number of hydrogen-bond donors (Lipinski definition) is 1. The van der Waals surface area contributed by atoms with Gasteiger partial charge in [0.15, 0.2) is 11.5 Å². The monoisotopic (exact) mass is 382 g/mol. The van der Waals surface area contributed by atoms with E-state index in [1.54, 1.807) is 32.4 Å². The van der Waals surface area contributed by atoms with Gasteiger partial charge in [0.1, 0.15) is 5.03 Å². The Labute approximate surface area is 163 Å². The van der Waals surface area contributed by atoms with Gasteiger partial charge in [0.2, 0.25) is 5.91 Å². The number of pyridine rings is 1. The summed E-state index contributed by atoms with van der Waals surface area (Å²) in [5.41, 5.74) is 2.76. The van der Waals surface area contributed by atoms with E-state index in [2.05, 4.69) is 24.4 Å². The predicted octanol–water partition coefficient (Wildman–Crippen LogP) is 4.55. The Morgan fingerprint density at radius 1 is 1.07 bits per heavy atom. The Morgan fingerprint density at radius 3 is 2.59 bits per heavy atom. The molecule has 0 radical (unpaired) electrons. The number of aromatic nitrogens is 1. The first kappa shape index (κ1) is 19.0. The van der Waals surface area contributed by atoms with Gasteiger partial charge in [-0.15, -0.1) is 0 Å². The second-order valence-electron chi connectivity index (χ2n) is 5.91. The minimum atomic E-state index is -0.0933. The van der Waals surface area contributed by atoms with Crippen LogP contribution in [0.1, 0.15) is 12.5 Å². The number of thioether (sulfide) groups is 1. The van der Waals surface area contributed by atoms with E-state index in [1.165, 1.54) is 11.8 Å². The van der Waals surface area contributed by atoms with Crippen LogP contribution in [0, 0.1) is 0 Å². The lowest BCUT2D eigenvalue weighted by molar-refractivity contribution is -0.113. The van der Waals surface area contributed by atoms with Crippen LogP contribution in [-0.4, -0.2) is 30.9 Å². The van der Waals surface area contributed by atoms with Crippen LogP contribution >= 0.6 is 11.8 Å². The quantitative estimate of drug-likeness (QED) is 0.608. The van der Waals surface area contributed by atoms with Crippen LogP contribution in [0.3, 0.4) is 0 Å². The largest absolute Gasteiger partial charge is 0.493 e. The summed E-state index contributed by atoms with van der Waals surface area (Å²) in [6, 6.07) is 15.5. The van der Waals surface area contributed by atoms with Crippen LogP contribution in [0.25, 0.3) is 10.9 Å². The second kappa shape index (κ2) is 8.77. The zero-order valence-electron chi connectivity index (χ0n) is 15.6. The zero-order valence-corrected chi connectivity index (χ0v) is 16.4. The summed E-state index contributed by atoms with van der Waals surface area (Å²) in [4.78, 5) is 17.1. The number of anilines is 1. The third-order valence-electron chi connectivity index (χ3n) is 4.15. The molecule has 0 saturated carbocycles. The number of hydrogen-bond acceptors (Lipinski definition) is 5. The van der Waals surface area contributed by atoms with Gasteiger partial charge in [-0.25, -0.2) is 4.98 Å². The number of carbonyl (C=O) groups excluding carboxylic acids is 1. The molecule has 0 spiro atoms. The minimum Gasteiger partial charge on any atom is -0.493 e. The topological polar surface area (TPSA) is 60.5 Å². The van der Waals surface area contributed by atoms with Gasteiger partial charge in [-0.05, 0) is 36.2 Å². The Hall–Kier alpha value is -2.73. The third kappa shape index (κ3) is 4.52. The van der Waals surface area contributed by atoms with E-state index in [4.69, 9.17) is 14.5 Å². The molecule has 3 aromatic rings. The summed E-state index contributed by atoms with van der Waals surface area (Å²) in [5.74, 6) is 1.39. The molecule has 3 rings (SSSR count). The van der Waals surface area contributed by atoms with Gasteiger partial charge in [-0.1, -0.05) is 36.9 Å². The summed E-state index contributed by atoms with van der Waals surface area (Å²) in [5, 5.41) is 4.91. The molecule has 1 aromatic heterocycles. The molecule has 5 nitrogen and oxygen atoms in total. The van der Waals surface area contributed by atoms with E-state index < -0.39 is 0 Å². The van der Waals surface area contributed by atoms with Crippen molar-refractivity contribution in [2.45, 2.75) is 18.4 Å². The van der Waals surface area contributed by atoms with E-state index >= 15 is 0 Å². The molecule has 0 unspecified atom stereocenters. The fraction of sp³-hybridized carbons (Fsp3) is 0.238. The number of methoxy groups -OCH3 is 2. The summed E-state index contributed by atoms with van der Waals surface area (Å²) in [7, 11) is 3.14. The maximum absolute atomic E-state index is 12.4. The van der Waals surface area contributed by atoms with E-state index in [-0.39, 0.29) is 11.7 Å². The molecule has 140 valence electrons. The molecule has 1 amide bonds. The van der Waals surface area contributed by atoms with Crippen molar-refractivity contribution in [3.05, 3.63) is 54.1 Å². The molecular weight excluding hydrogens is 360 g/mol. The van der Waals surface area contributed by atoms with Crippen molar-refractivity contribution in [1.82, 2.24) is 4.98 Å². The highest BCUT2D eigenvalue weighted by Gasteiger charge is 2.11. The van der Waals surface area contributed by atoms with Gasteiger partial charge in [-0.3, -0.25) is 4.79 Å². The molecule has 1 N–H and O–H groups in total. The normalized spacial score (nSPS) is 10.6. The van der Waals surface area contributed by atoms with Crippen molar-refractivity contribution in [1.29, 1.82) is 0 Å². The standard InChI is InChI=1S/C21H22N2O3S/c1-4-14-11-15-7-5-6-8-17(15)23-21(14)27-13-20(24)22-16-9-10-18(25-2)19(12-16)26-3/h5-12H,4,13H2,1-3H3,(H,22,24). The molecule has 0 saturated heterocycles. The van der Waals surface area contributed by atoms with Crippen molar-refractivity contribution >= 4 is 34.3 Å². The molecule has 27 heavy (non-hydrogen) atoms. The van der Waals surface area contributed by atoms with Crippen molar-refractivity contribution < 1.29 is 14.3 Å². The molecule has 0 aliphatic rings. The lowest BCUT2D eigenvalue weighted by Crippen LogP contribution is -2.14. The molecule has 0 fully saturated rings. The smallest absolute Gasteiger partial charge is 0.234 e. The van der Waals surface area contributed by atoms with Crippen LogP contribution in [0.15, 0.2) is 53.6 Å². The van der Waals surface area contributed by atoms with Gasteiger partial charge in [0.05, 0.1) is 25.5 Å². The highest BCUT2D eigenvalue weighted by atomic mass is 32.2. The summed E-state index contributed by atoms with van der Waals surface area (Å²) >= 11 is 1.45. The molecule has 1 heterocycles. The zero-order chi connectivity index (χ0) is 19.2. The van der Waals surface area contributed by atoms with Crippen LogP contribution in [-0.2, 0) is 11.2 Å². The molecule has 2 aromatic carbocycles. The van der Waals surface area contributed by atoms with E-state index in [9.17, 15) is 4.79 Å². The highest BCUT2D eigenvalue weighted by Crippen LogP contribution is 2.30. The van der Waals surface area contributed by atoms with Crippen molar-refractivity contribution in [3.8, 4) is 11.5 Å². The van der Waals surface area contributed by atoms with Crippen LogP contribution in [0.2, 0.25) is 0 Å². The molecule has 6 heteroatoms. The molecule has 0 atom stereocenters. The van der Waals surface area contributed by atoms with Gasteiger partial charge < -0.3 is 14.8 Å². The number of rotatable bonds is 7. The first-order chi connectivity index (χ1) is 13.1. The fourth-order valence-corrected chi connectivity index (χ4v) is 3.66. The summed E-state index contributed by atoms with van der Waals surface area (Å²) in [6.07, 6.45) is 0.872. The maximum atomic E-state index is 12.4. The van der Waals surface area contributed by atoms with Crippen molar-refractivity contribution in [2.75, 3.05) is 25.3 Å². The van der Waals surface area contributed by atoms with E-state index in [0.29, 0.717) is 17.2 Å². The average Bonchev–Trinajstić information content (AvgIpc) is 2.71. The van der Waals surface area contributed by atoms with Gasteiger partial charge in [-0.2, -0.15) is 0 Å². The lowest BCUT2D eigenvalue weighted by atomic mass is 10.1. The Bertz CT molecular complexity index is 959. The lowest BCUT2D eigenvalue weighted by Gasteiger charge is -2.11. The molecular formula is C21H22N2O3S. The predicted molar refractivity (Wildman–Crippen MR) is 110 cm³/mol. The number of carbonyl (C=O) groups is 1. The number of aryl methyl sites for hydroxylation is 1. The number of ether oxygens (including phenoxy) is 2. The first-order valence-corrected chi connectivity index (χ1v) is 9.66. The van der Waals surface area contributed by atoms with Crippen molar-refractivity contribution in [3.63, 3.8) is 0 Å². The second-order valence-corrected chi connectivity index (χ2v) is 6.87. The van der Waals surface area contributed by atoms with Gasteiger partial charge in [0.25, 0.3) is 0 Å². The van der Waals surface area contributed by atoms with Gasteiger partial charge in [0, 0.05) is 17.1 Å². The fourth-order valence-electron chi connectivity index (χ4n) is 2.77. The molecule has 0 aliphatic heterocycles. The number of nitrogens with one attached hydrogen (secondary N) is 1. The van der Waals surface area contributed by atoms with Crippen LogP contribution in [0.5, 0.6) is 11.5 Å².